The van der Waals surface area contributed by atoms with Crippen molar-refractivity contribution in [3.05, 3.63) is 24.0 Å². The molecule has 0 spiro atoms. The number of carboxylic acids is 1. The van der Waals surface area contributed by atoms with E-state index in [4.69, 9.17) is 5.11 Å². The molecule has 0 unspecified atom stereocenters. The summed E-state index contributed by atoms with van der Waals surface area (Å²) in [5, 5.41) is 11.8. The predicted molar refractivity (Wildman–Crippen MR) is 79.3 cm³/mol. The number of aromatic nitrogens is 1. The van der Waals surface area contributed by atoms with Crippen LogP contribution in [-0.2, 0) is 11.3 Å². The minimum absolute atomic E-state index is 0.0277. The van der Waals surface area contributed by atoms with Gasteiger partial charge < -0.3 is 19.9 Å². The maximum Gasteiger partial charge on any atom is 0.323 e. The highest BCUT2D eigenvalue weighted by Gasteiger charge is 2.36. The van der Waals surface area contributed by atoms with Gasteiger partial charge in [-0.05, 0) is 39.1 Å². The standard InChI is InChI=1S/C15H23N3O3/c1-17(2)15(7-3-4-8-15)11-16-14(21)12-6-5-9-18(12)10-13(19)20/h5-6,9H,3-4,7-8,10-11H2,1-2H3,(H,16,21)(H,19,20). The summed E-state index contributed by atoms with van der Waals surface area (Å²) >= 11 is 0. The van der Waals surface area contributed by atoms with Crippen molar-refractivity contribution in [2.24, 2.45) is 0 Å². The van der Waals surface area contributed by atoms with Crippen molar-refractivity contribution in [3.8, 4) is 0 Å². The van der Waals surface area contributed by atoms with Gasteiger partial charge in [-0.1, -0.05) is 12.8 Å². The Morgan fingerprint density at radius 3 is 2.62 bits per heavy atom. The lowest BCUT2D eigenvalue weighted by atomic mass is 9.96. The maximum atomic E-state index is 12.3. The van der Waals surface area contributed by atoms with Crippen LogP contribution in [0.2, 0.25) is 0 Å². The Morgan fingerprint density at radius 1 is 1.38 bits per heavy atom. The normalized spacial score (nSPS) is 17.1. The summed E-state index contributed by atoms with van der Waals surface area (Å²) in [6.45, 7) is 0.395. The average molecular weight is 293 g/mol. The molecule has 1 aromatic heterocycles. The molecular formula is C15H23N3O3. The molecule has 0 aromatic carbocycles. The average Bonchev–Trinajstić information content (AvgIpc) is 3.04. The van der Waals surface area contributed by atoms with E-state index in [1.165, 1.54) is 17.4 Å². The number of nitrogens with one attached hydrogen (secondary N) is 1. The van der Waals surface area contributed by atoms with Crippen LogP contribution < -0.4 is 5.32 Å². The van der Waals surface area contributed by atoms with Gasteiger partial charge in [-0.2, -0.15) is 0 Å². The molecule has 1 saturated carbocycles. The molecule has 0 saturated heterocycles. The molecule has 1 aromatic rings. The van der Waals surface area contributed by atoms with Crippen molar-refractivity contribution in [1.29, 1.82) is 0 Å². The van der Waals surface area contributed by atoms with Crippen molar-refractivity contribution in [3.63, 3.8) is 0 Å². The second-order valence-corrected chi connectivity index (χ2v) is 5.92. The Balaban J connectivity index is 2.02. The van der Waals surface area contributed by atoms with Crippen molar-refractivity contribution in [2.45, 2.75) is 37.8 Å². The Bertz CT molecular complexity index is 516. The molecule has 6 heteroatoms. The molecule has 1 aliphatic rings. The van der Waals surface area contributed by atoms with Crippen LogP contribution in [0.1, 0.15) is 36.2 Å². The van der Waals surface area contributed by atoms with Gasteiger partial charge in [0.2, 0.25) is 0 Å². The lowest BCUT2D eigenvalue weighted by Crippen LogP contribution is -2.51. The number of nitrogens with zero attached hydrogens (tertiary/aromatic N) is 2. The van der Waals surface area contributed by atoms with Crippen molar-refractivity contribution >= 4 is 11.9 Å². The van der Waals surface area contributed by atoms with E-state index in [1.807, 2.05) is 14.1 Å². The Hall–Kier alpha value is -1.82. The largest absolute Gasteiger partial charge is 0.480 e. The molecule has 6 nitrogen and oxygen atoms in total. The molecule has 1 heterocycles. The third-order valence-corrected chi connectivity index (χ3v) is 4.43. The summed E-state index contributed by atoms with van der Waals surface area (Å²) in [5.41, 5.74) is 0.421. The molecule has 1 aliphatic carbocycles. The molecule has 2 N–H and O–H groups in total. The molecule has 1 fully saturated rings. The fourth-order valence-electron chi connectivity index (χ4n) is 3.05. The number of hydrogen-bond acceptors (Lipinski definition) is 3. The number of amides is 1. The summed E-state index contributed by atoms with van der Waals surface area (Å²) < 4.78 is 1.45. The van der Waals surface area contributed by atoms with Gasteiger partial charge in [-0.3, -0.25) is 9.59 Å². The summed E-state index contributed by atoms with van der Waals surface area (Å²) in [4.78, 5) is 25.3. The maximum absolute atomic E-state index is 12.3. The zero-order valence-corrected chi connectivity index (χ0v) is 12.6. The first kappa shape index (κ1) is 15.6. The third-order valence-electron chi connectivity index (χ3n) is 4.43. The topological polar surface area (TPSA) is 74.6 Å². The number of likely N-dealkylation sites (N-methyl/N-ethyl adjacent to an activating group) is 1. The fraction of sp³-hybridized carbons (Fsp3) is 0.600. The molecular weight excluding hydrogens is 270 g/mol. The first-order valence-corrected chi connectivity index (χ1v) is 7.27. The summed E-state index contributed by atoms with van der Waals surface area (Å²) in [6, 6.07) is 3.34. The number of carboxylic acid groups (broad SMARTS) is 1. The fourth-order valence-corrected chi connectivity index (χ4v) is 3.05. The Labute approximate surface area is 124 Å². The Kier molecular flexibility index (Phi) is 4.67. The second-order valence-electron chi connectivity index (χ2n) is 5.92. The van der Waals surface area contributed by atoms with Crippen molar-refractivity contribution < 1.29 is 14.7 Å². The number of rotatable bonds is 6. The van der Waals surface area contributed by atoms with Gasteiger partial charge in [0.1, 0.15) is 12.2 Å². The molecule has 0 bridgehead atoms. The smallest absolute Gasteiger partial charge is 0.323 e. The quantitative estimate of drug-likeness (QED) is 0.826. The van der Waals surface area contributed by atoms with Gasteiger partial charge >= 0.3 is 5.97 Å². The Morgan fingerprint density at radius 2 is 2.05 bits per heavy atom. The van der Waals surface area contributed by atoms with E-state index in [1.54, 1.807) is 18.3 Å². The minimum Gasteiger partial charge on any atom is -0.480 e. The van der Waals surface area contributed by atoms with Crippen LogP contribution in [0, 0.1) is 0 Å². The van der Waals surface area contributed by atoms with Crippen LogP contribution in [0.3, 0.4) is 0 Å². The van der Waals surface area contributed by atoms with E-state index < -0.39 is 5.97 Å². The van der Waals surface area contributed by atoms with Gasteiger partial charge in [-0.15, -0.1) is 0 Å². The molecule has 0 aliphatic heterocycles. The SMILES string of the molecule is CN(C)C1(CNC(=O)c2cccn2CC(=O)O)CCCC1. The second kappa shape index (κ2) is 6.30. The van der Waals surface area contributed by atoms with Gasteiger partial charge in [-0.25, -0.2) is 0 Å². The summed E-state index contributed by atoms with van der Waals surface area (Å²) in [6.07, 6.45) is 6.14. The van der Waals surface area contributed by atoms with Crippen molar-refractivity contribution in [1.82, 2.24) is 14.8 Å². The van der Waals surface area contributed by atoms with E-state index in [2.05, 4.69) is 10.2 Å². The zero-order chi connectivity index (χ0) is 15.5. The van der Waals surface area contributed by atoms with E-state index in [0.717, 1.165) is 12.8 Å². The van der Waals surface area contributed by atoms with Crippen molar-refractivity contribution in [2.75, 3.05) is 20.6 Å². The summed E-state index contributed by atoms with van der Waals surface area (Å²) in [7, 11) is 4.09. The van der Waals surface area contributed by atoms with Gasteiger partial charge in [0.25, 0.3) is 5.91 Å². The first-order chi connectivity index (χ1) is 9.94. The van der Waals surface area contributed by atoms with Crippen LogP contribution in [-0.4, -0.2) is 52.6 Å². The lowest BCUT2D eigenvalue weighted by Gasteiger charge is -2.36. The van der Waals surface area contributed by atoms with Crippen LogP contribution in [0.25, 0.3) is 0 Å². The van der Waals surface area contributed by atoms with Gasteiger partial charge in [0, 0.05) is 18.3 Å². The molecule has 116 valence electrons. The van der Waals surface area contributed by atoms with E-state index >= 15 is 0 Å². The highest BCUT2D eigenvalue weighted by Crippen LogP contribution is 2.33. The highest BCUT2D eigenvalue weighted by atomic mass is 16.4. The number of carbonyl (C=O) groups excluding carboxylic acids is 1. The molecule has 21 heavy (non-hydrogen) atoms. The molecule has 0 atom stereocenters. The molecule has 1 amide bonds. The third kappa shape index (κ3) is 3.44. The van der Waals surface area contributed by atoms with Crippen LogP contribution in [0.15, 0.2) is 18.3 Å². The van der Waals surface area contributed by atoms with E-state index in [-0.39, 0.29) is 18.0 Å². The number of carbonyl (C=O) groups is 2. The highest BCUT2D eigenvalue weighted by molar-refractivity contribution is 5.93. The zero-order valence-electron chi connectivity index (χ0n) is 12.6. The summed E-state index contributed by atoms with van der Waals surface area (Å²) in [5.74, 6) is -1.17. The van der Waals surface area contributed by atoms with Crippen LogP contribution in [0.5, 0.6) is 0 Å². The van der Waals surface area contributed by atoms with E-state index in [9.17, 15) is 9.59 Å². The van der Waals surface area contributed by atoms with Gasteiger partial charge in [0.05, 0.1) is 0 Å². The lowest BCUT2D eigenvalue weighted by molar-refractivity contribution is -0.137. The van der Waals surface area contributed by atoms with Gasteiger partial charge in [0.15, 0.2) is 0 Å². The van der Waals surface area contributed by atoms with E-state index in [0.29, 0.717) is 12.2 Å². The van der Waals surface area contributed by atoms with Crippen LogP contribution in [0.4, 0.5) is 0 Å². The minimum atomic E-state index is -0.958. The monoisotopic (exact) mass is 293 g/mol. The van der Waals surface area contributed by atoms with Crippen LogP contribution >= 0.6 is 0 Å². The molecule has 2 rings (SSSR count). The molecule has 0 radical (unpaired) electrons. The predicted octanol–water partition coefficient (Wildman–Crippen LogP) is 1.18. The number of hydrogen-bond donors (Lipinski definition) is 2. The number of aliphatic carboxylic acids is 1. The first-order valence-electron chi connectivity index (χ1n) is 7.27.